The summed E-state index contributed by atoms with van der Waals surface area (Å²) in [7, 11) is -3.25. The van der Waals surface area contributed by atoms with Crippen molar-refractivity contribution in [3.63, 3.8) is 0 Å². The summed E-state index contributed by atoms with van der Waals surface area (Å²) < 4.78 is 31.0. The second kappa shape index (κ2) is 4.96. The van der Waals surface area contributed by atoms with Crippen molar-refractivity contribution >= 4 is 15.9 Å². The van der Waals surface area contributed by atoms with Gasteiger partial charge in [-0.25, -0.2) is 8.42 Å². The number of carbonyl (C=O) groups is 1. The Bertz CT molecular complexity index is 507. The van der Waals surface area contributed by atoms with Crippen molar-refractivity contribution in [3.05, 3.63) is 0 Å². The minimum Gasteiger partial charge on any atom is -0.375 e. The van der Waals surface area contributed by atoms with E-state index < -0.39 is 10.0 Å². The Kier molecular flexibility index (Phi) is 3.54. The Morgan fingerprint density at radius 3 is 2.60 bits per heavy atom. The maximum Gasteiger partial charge on any atom is 0.226 e. The molecule has 7 heteroatoms. The zero-order chi connectivity index (χ0) is 14.5. The van der Waals surface area contributed by atoms with E-state index in [-0.39, 0.29) is 24.0 Å². The van der Waals surface area contributed by atoms with E-state index in [1.54, 1.807) is 0 Å². The summed E-state index contributed by atoms with van der Waals surface area (Å²) in [4.78, 5) is 14.2. The standard InChI is InChI=1S/C13H22N2O4S/c1-9-7-10(9)13(16)14-4-3-12-11(8-14)15(5-6-19-12)20(2,17)18/h9-12H,3-8H2,1-2H3/t9-,10+,11-,12-/m0/s1. The average Bonchev–Trinajstić information content (AvgIpc) is 3.12. The fourth-order valence-corrected chi connectivity index (χ4v) is 4.45. The molecule has 0 aromatic rings. The van der Waals surface area contributed by atoms with Crippen LogP contribution in [0.5, 0.6) is 0 Å². The Balaban J connectivity index is 1.73. The summed E-state index contributed by atoms with van der Waals surface area (Å²) >= 11 is 0. The minimum atomic E-state index is -3.25. The van der Waals surface area contributed by atoms with Gasteiger partial charge in [0.25, 0.3) is 0 Å². The first-order chi connectivity index (χ1) is 9.38. The average molecular weight is 302 g/mol. The number of ether oxygens (including phenoxy) is 1. The van der Waals surface area contributed by atoms with E-state index in [0.717, 1.165) is 12.8 Å². The van der Waals surface area contributed by atoms with Crippen LogP contribution in [0.3, 0.4) is 0 Å². The van der Waals surface area contributed by atoms with Gasteiger partial charge in [0.05, 0.1) is 25.0 Å². The fraction of sp³-hybridized carbons (Fsp3) is 0.923. The second-order valence-electron chi connectivity index (χ2n) is 6.24. The molecular weight excluding hydrogens is 280 g/mol. The van der Waals surface area contributed by atoms with Crippen molar-refractivity contribution in [2.45, 2.75) is 31.9 Å². The Morgan fingerprint density at radius 2 is 2.00 bits per heavy atom. The minimum absolute atomic E-state index is 0.0702. The van der Waals surface area contributed by atoms with Gasteiger partial charge in [0.2, 0.25) is 15.9 Å². The lowest BCUT2D eigenvalue weighted by atomic mass is 10.00. The van der Waals surface area contributed by atoms with Crippen LogP contribution in [0.4, 0.5) is 0 Å². The quantitative estimate of drug-likeness (QED) is 0.715. The van der Waals surface area contributed by atoms with Crippen LogP contribution in [-0.4, -0.2) is 68.2 Å². The van der Waals surface area contributed by atoms with Gasteiger partial charge >= 0.3 is 0 Å². The molecule has 0 aromatic carbocycles. The van der Waals surface area contributed by atoms with Gasteiger partial charge in [-0.1, -0.05) is 6.92 Å². The molecule has 2 aliphatic heterocycles. The molecule has 114 valence electrons. The molecule has 2 heterocycles. The zero-order valence-electron chi connectivity index (χ0n) is 12.0. The number of sulfonamides is 1. The normalized spacial score (nSPS) is 38.4. The van der Waals surface area contributed by atoms with Crippen LogP contribution in [0.1, 0.15) is 19.8 Å². The highest BCUT2D eigenvalue weighted by Gasteiger charge is 2.46. The highest BCUT2D eigenvalue weighted by molar-refractivity contribution is 7.88. The van der Waals surface area contributed by atoms with Gasteiger partial charge in [-0.2, -0.15) is 4.31 Å². The monoisotopic (exact) mass is 302 g/mol. The number of hydrogen-bond acceptors (Lipinski definition) is 4. The van der Waals surface area contributed by atoms with E-state index in [4.69, 9.17) is 4.74 Å². The van der Waals surface area contributed by atoms with E-state index in [1.807, 2.05) is 4.90 Å². The molecule has 3 aliphatic rings. The number of hydrogen-bond donors (Lipinski definition) is 0. The third-order valence-electron chi connectivity index (χ3n) is 4.70. The van der Waals surface area contributed by atoms with Gasteiger partial charge < -0.3 is 9.64 Å². The molecule has 0 aromatic heterocycles. The molecule has 2 saturated heterocycles. The third-order valence-corrected chi connectivity index (χ3v) is 6.00. The summed E-state index contributed by atoms with van der Waals surface area (Å²) in [6.07, 6.45) is 2.86. The molecule has 3 rings (SSSR count). The van der Waals surface area contributed by atoms with Crippen molar-refractivity contribution in [2.24, 2.45) is 11.8 Å². The van der Waals surface area contributed by atoms with E-state index in [0.29, 0.717) is 32.2 Å². The first-order valence-corrected chi connectivity index (χ1v) is 9.10. The van der Waals surface area contributed by atoms with Crippen molar-refractivity contribution in [1.82, 2.24) is 9.21 Å². The predicted molar refractivity (Wildman–Crippen MR) is 73.5 cm³/mol. The molecule has 1 amide bonds. The molecule has 0 radical (unpaired) electrons. The van der Waals surface area contributed by atoms with Crippen molar-refractivity contribution in [2.75, 3.05) is 32.5 Å². The van der Waals surface area contributed by atoms with Crippen molar-refractivity contribution < 1.29 is 17.9 Å². The van der Waals surface area contributed by atoms with Gasteiger partial charge in [0.15, 0.2) is 0 Å². The Labute approximate surface area is 120 Å². The van der Waals surface area contributed by atoms with E-state index in [2.05, 4.69) is 6.92 Å². The number of fused-ring (bicyclic) bond motifs is 1. The topological polar surface area (TPSA) is 66.9 Å². The Hall–Kier alpha value is -0.660. The molecule has 20 heavy (non-hydrogen) atoms. The van der Waals surface area contributed by atoms with E-state index in [9.17, 15) is 13.2 Å². The molecule has 4 atom stereocenters. The fourth-order valence-electron chi connectivity index (χ4n) is 3.35. The number of rotatable bonds is 2. The third kappa shape index (κ3) is 2.58. The van der Waals surface area contributed by atoms with Crippen LogP contribution in [0.15, 0.2) is 0 Å². The van der Waals surface area contributed by atoms with E-state index >= 15 is 0 Å². The van der Waals surface area contributed by atoms with Crippen LogP contribution >= 0.6 is 0 Å². The van der Waals surface area contributed by atoms with Crippen molar-refractivity contribution in [3.8, 4) is 0 Å². The second-order valence-corrected chi connectivity index (χ2v) is 8.18. The van der Waals surface area contributed by atoms with Gasteiger partial charge in [0, 0.05) is 25.6 Å². The van der Waals surface area contributed by atoms with Crippen molar-refractivity contribution in [1.29, 1.82) is 0 Å². The molecule has 3 fully saturated rings. The van der Waals surface area contributed by atoms with Gasteiger partial charge in [-0.15, -0.1) is 0 Å². The molecule has 1 aliphatic carbocycles. The molecule has 0 unspecified atom stereocenters. The molecule has 1 saturated carbocycles. The lowest BCUT2D eigenvalue weighted by molar-refractivity contribution is -0.140. The number of likely N-dealkylation sites (tertiary alicyclic amines) is 1. The number of nitrogens with zero attached hydrogens (tertiary/aromatic N) is 2. The SMILES string of the molecule is C[C@H]1C[C@H]1C(=O)N1CC[C@@H]2OCCN(S(C)(=O)=O)[C@H]2C1. The number of piperidine rings is 1. The van der Waals surface area contributed by atoms with Gasteiger partial charge in [-0.3, -0.25) is 4.79 Å². The van der Waals surface area contributed by atoms with E-state index in [1.165, 1.54) is 10.6 Å². The Morgan fingerprint density at radius 1 is 1.30 bits per heavy atom. The smallest absolute Gasteiger partial charge is 0.226 e. The molecular formula is C13H22N2O4S. The lowest BCUT2D eigenvalue weighted by Crippen LogP contribution is -2.62. The summed E-state index contributed by atoms with van der Waals surface area (Å²) in [6, 6.07) is -0.217. The van der Waals surface area contributed by atoms with Gasteiger partial charge in [-0.05, 0) is 18.8 Å². The summed E-state index contributed by atoms with van der Waals surface area (Å²) in [6.45, 7) is 4.08. The maximum absolute atomic E-state index is 12.3. The molecule has 0 spiro atoms. The zero-order valence-corrected chi connectivity index (χ0v) is 12.8. The first-order valence-electron chi connectivity index (χ1n) is 7.25. The van der Waals surface area contributed by atoms with Crippen LogP contribution in [0.2, 0.25) is 0 Å². The highest BCUT2D eigenvalue weighted by Crippen LogP contribution is 2.40. The summed E-state index contributed by atoms with van der Waals surface area (Å²) in [5.41, 5.74) is 0. The first kappa shape index (κ1) is 14.3. The summed E-state index contributed by atoms with van der Waals surface area (Å²) in [5.74, 6) is 0.826. The largest absolute Gasteiger partial charge is 0.375 e. The molecule has 0 N–H and O–H groups in total. The highest BCUT2D eigenvalue weighted by atomic mass is 32.2. The van der Waals surface area contributed by atoms with Crippen LogP contribution in [-0.2, 0) is 19.6 Å². The van der Waals surface area contributed by atoms with Crippen LogP contribution in [0.25, 0.3) is 0 Å². The number of amides is 1. The summed E-state index contributed by atoms with van der Waals surface area (Å²) in [5, 5.41) is 0. The maximum atomic E-state index is 12.3. The number of morpholine rings is 1. The molecule has 6 nitrogen and oxygen atoms in total. The lowest BCUT2D eigenvalue weighted by Gasteiger charge is -2.45. The number of carbonyl (C=O) groups excluding carboxylic acids is 1. The van der Waals surface area contributed by atoms with Gasteiger partial charge in [0.1, 0.15) is 0 Å². The predicted octanol–water partition coefficient (Wildman–Crippen LogP) is -0.0963. The van der Waals surface area contributed by atoms with Crippen LogP contribution < -0.4 is 0 Å². The van der Waals surface area contributed by atoms with Crippen LogP contribution in [0, 0.1) is 11.8 Å². The molecule has 0 bridgehead atoms.